The van der Waals surface area contributed by atoms with Crippen LogP contribution in [0.25, 0.3) is 0 Å². The number of rotatable bonds is 4. The molecular weight excluding hydrogens is 168 g/mol. The number of anilines is 1. The summed E-state index contributed by atoms with van der Waals surface area (Å²) in [5.41, 5.74) is 5.36. The molecule has 1 heterocycles. The summed E-state index contributed by atoms with van der Waals surface area (Å²) >= 11 is 0. The first-order chi connectivity index (χ1) is 6.29. The average Bonchev–Trinajstić information content (AvgIpc) is 2.63. The first-order valence-electron chi connectivity index (χ1n) is 4.58. The van der Waals surface area contributed by atoms with Gasteiger partial charge in [-0.1, -0.05) is 12.0 Å². The molecule has 72 valence electrons. The number of nitrogens with one attached hydrogen (secondary N) is 1. The van der Waals surface area contributed by atoms with E-state index in [2.05, 4.69) is 22.4 Å². The maximum absolute atomic E-state index is 5.36. The second-order valence-corrected chi connectivity index (χ2v) is 3.50. The van der Waals surface area contributed by atoms with Crippen molar-refractivity contribution in [2.24, 2.45) is 11.7 Å². The lowest BCUT2D eigenvalue weighted by Crippen LogP contribution is -2.03. The quantitative estimate of drug-likeness (QED) is 0.704. The molecule has 2 rings (SSSR count). The van der Waals surface area contributed by atoms with E-state index in [1.165, 1.54) is 6.42 Å². The van der Waals surface area contributed by atoms with Crippen LogP contribution in [0.15, 0.2) is 4.42 Å². The molecule has 0 amide bonds. The van der Waals surface area contributed by atoms with Crippen molar-refractivity contribution >= 4 is 6.01 Å². The molecule has 1 aliphatic rings. The third-order valence-electron chi connectivity index (χ3n) is 2.24. The van der Waals surface area contributed by atoms with Crippen LogP contribution in [0.1, 0.15) is 19.2 Å². The molecule has 0 saturated heterocycles. The van der Waals surface area contributed by atoms with Gasteiger partial charge in [0.05, 0.1) is 0 Å². The van der Waals surface area contributed by atoms with Gasteiger partial charge in [-0.15, -0.1) is 5.10 Å². The number of hydrogen-bond acceptors (Lipinski definition) is 5. The highest BCUT2D eigenvalue weighted by molar-refractivity contribution is 5.23. The monoisotopic (exact) mass is 182 g/mol. The molecule has 0 radical (unpaired) electrons. The highest BCUT2D eigenvalue weighted by Crippen LogP contribution is 2.32. The standard InChI is InChI=1S/C8H14N4O/c1-5-4-6(5)10-8-12-11-7(13-8)2-3-9/h5-6H,2-4,9H2,1H3,(H,10,12). The van der Waals surface area contributed by atoms with Crippen LogP contribution in [0.2, 0.25) is 0 Å². The minimum Gasteiger partial charge on any atom is -0.408 e. The molecule has 1 aromatic rings. The lowest BCUT2D eigenvalue weighted by atomic mass is 10.4. The summed E-state index contributed by atoms with van der Waals surface area (Å²) in [6.45, 7) is 2.73. The van der Waals surface area contributed by atoms with Gasteiger partial charge in [0.15, 0.2) is 0 Å². The molecule has 0 bridgehead atoms. The van der Waals surface area contributed by atoms with Crippen LogP contribution in [0, 0.1) is 5.92 Å². The van der Waals surface area contributed by atoms with Crippen molar-refractivity contribution in [1.29, 1.82) is 0 Å². The van der Waals surface area contributed by atoms with E-state index in [0.717, 1.165) is 5.92 Å². The van der Waals surface area contributed by atoms with E-state index in [1.54, 1.807) is 0 Å². The highest BCUT2D eigenvalue weighted by atomic mass is 16.4. The molecule has 1 aromatic heterocycles. The minimum atomic E-state index is 0.520. The van der Waals surface area contributed by atoms with Crippen molar-refractivity contribution in [3.63, 3.8) is 0 Å². The second-order valence-electron chi connectivity index (χ2n) is 3.50. The van der Waals surface area contributed by atoms with E-state index >= 15 is 0 Å². The van der Waals surface area contributed by atoms with Crippen LogP contribution >= 0.6 is 0 Å². The summed E-state index contributed by atoms with van der Waals surface area (Å²) in [6, 6.07) is 1.05. The predicted molar refractivity (Wildman–Crippen MR) is 48.2 cm³/mol. The Hall–Kier alpha value is -1.10. The summed E-state index contributed by atoms with van der Waals surface area (Å²) < 4.78 is 5.31. The first-order valence-corrected chi connectivity index (χ1v) is 4.58. The Morgan fingerprint density at radius 2 is 2.38 bits per heavy atom. The largest absolute Gasteiger partial charge is 0.408 e. The Bertz CT molecular complexity index is 285. The highest BCUT2D eigenvalue weighted by Gasteiger charge is 2.33. The smallest absolute Gasteiger partial charge is 0.315 e. The van der Waals surface area contributed by atoms with Crippen LogP contribution < -0.4 is 11.1 Å². The van der Waals surface area contributed by atoms with E-state index in [4.69, 9.17) is 10.2 Å². The van der Waals surface area contributed by atoms with Gasteiger partial charge in [-0.2, -0.15) is 0 Å². The van der Waals surface area contributed by atoms with Crippen LogP contribution in [0.3, 0.4) is 0 Å². The van der Waals surface area contributed by atoms with Crippen molar-refractivity contribution < 1.29 is 4.42 Å². The van der Waals surface area contributed by atoms with E-state index in [1.807, 2.05) is 0 Å². The molecule has 13 heavy (non-hydrogen) atoms. The lowest BCUT2D eigenvalue weighted by Gasteiger charge is -1.95. The summed E-state index contributed by atoms with van der Waals surface area (Å²) in [5.74, 6) is 1.34. The van der Waals surface area contributed by atoms with Crippen LogP contribution in [0.4, 0.5) is 6.01 Å². The van der Waals surface area contributed by atoms with Gasteiger partial charge in [-0.25, -0.2) is 0 Å². The van der Waals surface area contributed by atoms with Crippen LogP contribution in [-0.4, -0.2) is 22.8 Å². The van der Waals surface area contributed by atoms with Crippen molar-refractivity contribution in [2.45, 2.75) is 25.8 Å². The Morgan fingerprint density at radius 1 is 1.62 bits per heavy atom. The van der Waals surface area contributed by atoms with E-state index in [9.17, 15) is 0 Å². The normalized spacial score (nSPS) is 26.0. The molecule has 1 fully saturated rings. The van der Waals surface area contributed by atoms with E-state index in [-0.39, 0.29) is 0 Å². The van der Waals surface area contributed by atoms with Crippen molar-refractivity contribution in [2.75, 3.05) is 11.9 Å². The number of nitrogens with zero attached hydrogens (tertiary/aromatic N) is 2. The van der Waals surface area contributed by atoms with Gasteiger partial charge in [0, 0.05) is 19.0 Å². The van der Waals surface area contributed by atoms with E-state index < -0.39 is 0 Å². The molecule has 0 aromatic carbocycles. The zero-order valence-corrected chi connectivity index (χ0v) is 7.66. The SMILES string of the molecule is CC1CC1Nc1nnc(CCN)o1. The Morgan fingerprint density at radius 3 is 3.00 bits per heavy atom. The van der Waals surface area contributed by atoms with Gasteiger partial charge in [-0.3, -0.25) is 0 Å². The van der Waals surface area contributed by atoms with Crippen molar-refractivity contribution in [3.05, 3.63) is 5.89 Å². The Labute approximate surface area is 76.7 Å². The molecule has 2 atom stereocenters. The Balaban J connectivity index is 1.89. The van der Waals surface area contributed by atoms with Gasteiger partial charge >= 0.3 is 6.01 Å². The predicted octanol–water partition coefficient (Wildman–Crippen LogP) is 0.391. The first kappa shape index (κ1) is 8.50. The molecular formula is C8H14N4O. The molecule has 1 saturated carbocycles. The van der Waals surface area contributed by atoms with E-state index in [0.29, 0.717) is 30.9 Å². The van der Waals surface area contributed by atoms with Gasteiger partial charge in [-0.05, 0) is 12.3 Å². The molecule has 2 unspecified atom stereocenters. The topological polar surface area (TPSA) is 77.0 Å². The van der Waals surface area contributed by atoms with Crippen LogP contribution in [0.5, 0.6) is 0 Å². The van der Waals surface area contributed by atoms with Gasteiger partial charge in [0.25, 0.3) is 0 Å². The lowest BCUT2D eigenvalue weighted by molar-refractivity contribution is 0.505. The van der Waals surface area contributed by atoms with Crippen LogP contribution in [-0.2, 0) is 6.42 Å². The van der Waals surface area contributed by atoms with Crippen molar-refractivity contribution in [3.8, 4) is 0 Å². The minimum absolute atomic E-state index is 0.520. The summed E-state index contributed by atoms with van der Waals surface area (Å²) in [6.07, 6.45) is 1.84. The summed E-state index contributed by atoms with van der Waals surface area (Å²) in [4.78, 5) is 0. The molecule has 3 N–H and O–H groups in total. The molecule has 5 heteroatoms. The molecule has 0 spiro atoms. The fraction of sp³-hybridized carbons (Fsp3) is 0.750. The molecule has 0 aliphatic heterocycles. The van der Waals surface area contributed by atoms with Gasteiger partial charge < -0.3 is 15.5 Å². The fourth-order valence-electron chi connectivity index (χ4n) is 1.22. The van der Waals surface area contributed by atoms with Gasteiger partial charge in [0.1, 0.15) is 0 Å². The number of hydrogen-bond donors (Lipinski definition) is 2. The summed E-state index contributed by atoms with van der Waals surface area (Å²) in [5, 5.41) is 10.9. The average molecular weight is 182 g/mol. The van der Waals surface area contributed by atoms with Crippen molar-refractivity contribution in [1.82, 2.24) is 10.2 Å². The third-order valence-corrected chi connectivity index (χ3v) is 2.24. The fourth-order valence-corrected chi connectivity index (χ4v) is 1.22. The summed E-state index contributed by atoms with van der Waals surface area (Å²) in [7, 11) is 0. The molecule has 5 nitrogen and oxygen atoms in total. The second kappa shape index (κ2) is 3.33. The third kappa shape index (κ3) is 1.98. The number of nitrogens with two attached hydrogens (primary N) is 1. The molecule has 1 aliphatic carbocycles. The number of aromatic nitrogens is 2. The zero-order valence-electron chi connectivity index (χ0n) is 7.66. The zero-order chi connectivity index (χ0) is 9.26. The van der Waals surface area contributed by atoms with Gasteiger partial charge in [0.2, 0.25) is 5.89 Å². The maximum Gasteiger partial charge on any atom is 0.315 e. The Kier molecular flexibility index (Phi) is 2.18. The maximum atomic E-state index is 5.36.